The first-order valence-corrected chi connectivity index (χ1v) is 4.76. The first-order valence-electron chi connectivity index (χ1n) is 4.76. The molecular formula is C9H16N2O. The molecule has 1 spiro atoms. The van der Waals surface area contributed by atoms with Gasteiger partial charge in [0.1, 0.15) is 0 Å². The molecule has 2 fully saturated rings. The maximum Gasteiger partial charge on any atom is 0.312 e. The average molecular weight is 168 g/mol. The lowest BCUT2D eigenvalue weighted by Crippen LogP contribution is -2.38. The minimum atomic E-state index is -0.364. The topological polar surface area (TPSA) is 55.1 Å². The minimum Gasteiger partial charge on any atom is -0.352 e. The standard InChI is InChI=1S/C9H16N2O/c10-8(12)11-7-2-5-9(6-7)3-1-4-9/h7H,1-6H2,(H3,10,11,12). The van der Waals surface area contributed by atoms with Crippen LogP contribution in [0.4, 0.5) is 4.79 Å². The molecule has 3 nitrogen and oxygen atoms in total. The van der Waals surface area contributed by atoms with Crippen LogP contribution >= 0.6 is 0 Å². The Morgan fingerprint density at radius 2 is 2.17 bits per heavy atom. The van der Waals surface area contributed by atoms with Crippen LogP contribution in [0.15, 0.2) is 0 Å². The van der Waals surface area contributed by atoms with Crippen molar-refractivity contribution in [2.24, 2.45) is 11.1 Å². The zero-order chi connectivity index (χ0) is 8.60. The molecule has 2 aliphatic carbocycles. The monoisotopic (exact) mass is 168 g/mol. The van der Waals surface area contributed by atoms with Crippen LogP contribution in [0, 0.1) is 5.41 Å². The van der Waals surface area contributed by atoms with E-state index in [-0.39, 0.29) is 6.03 Å². The number of nitrogens with one attached hydrogen (secondary N) is 1. The van der Waals surface area contributed by atoms with E-state index < -0.39 is 0 Å². The van der Waals surface area contributed by atoms with Gasteiger partial charge in [0.05, 0.1) is 0 Å². The van der Waals surface area contributed by atoms with E-state index >= 15 is 0 Å². The van der Waals surface area contributed by atoms with Gasteiger partial charge in [0.15, 0.2) is 0 Å². The average Bonchev–Trinajstić information content (AvgIpc) is 2.29. The van der Waals surface area contributed by atoms with Crippen molar-refractivity contribution >= 4 is 6.03 Å². The molecule has 2 rings (SSSR count). The number of amides is 2. The number of urea groups is 1. The predicted octanol–water partition coefficient (Wildman–Crippen LogP) is 1.38. The molecular weight excluding hydrogens is 152 g/mol. The molecule has 68 valence electrons. The maximum absolute atomic E-state index is 10.6. The van der Waals surface area contributed by atoms with Gasteiger partial charge in [-0.05, 0) is 37.5 Å². The fraction of sp³-hybridized carbons (Fsp3) is 0.889. The van der Waals surface area contributed by atoms with Gasteiger partial charge in [0.2, 0.25) is 0 Å². The van der Waals surface area contributed by atoms with Crippen LogP contribution in [0.3, 0.4) is 0 Å². The maximum atomic E-state index is 10.6. The van der Waals surface area contributed by atoms with Crippen LogP contribution in [-0.4, -0.2) is 12.1 Å². The molecule has 0 aromatic rings. The van der Waals surface area contributed by atoms with Gasteiger partial charge in [-0.1, -0.05) is 6.42 Å². The van der Waals surface area contributed by atoms with Crippen LogP contribution in [0.2, 0.25) is 0 Å². The van der Waals surface area contributed by atoms with Gasteiger partial charge in [-0.25, -0.2) is 4.79 Å². The lowest BCUT2D eigenvalue weighted by molar-refractivity contribution is 0.140. The summed E-state index contributed by atoms with van der Waals surface area (Å²) in [4.78, 5) is 10.6. The number of nitrogens with two attached hydrogens (primary N) is 1. The molecule has 2 amide bonds. The second kappa shape index (κ2) is 2.64. The smallest absolute Gasteiger partial charge is 0.312 e. The summed E-state index contributed by atoms with van der Waals surface area (Å²) in [5.41, 5.74) is 5.67. The van der Waals surface area contributed by atoms with Crippen molar-refractivity contribution < 1.29 is 4.79 Å². The molecule has 3 N–H and O–H groups in total. The molecule has 0 bridgehead atoms. The highest BCUT2D eigenvalue weighted by molar-refractivity contribution is 5.72. The van der Waals surface area contributed by atoms with E-state index in [1.54, 1.807) is 0 Å². The van der Waals surface area contributed by atoms with Crippen LogP contribution < -0.4 is 11.1 Å². The van der Waals surface area contributed by atoms with Crippen molar-refractivity contribution in [3.63, 3.8) is 0 Å². The van der Waals surface area contributed by atoms with E-state index in [9.17, 15) is 4.79 Å². The second-order valence-corrected chi connectivity index (χ2v) is 4.30. The third-order valence-corrected chi connectivity index (χ3v) is 3.46. The predicted molar refractivity (Wildman–Crippen MR) is 46.6 cm³/mol. The Morgan fingerprint density at radius 3 is 2.58 bits per heavy atom. The summed E-state index contributed by atoms with van der Waals surface area (Å²) in [6, 6.07) is -0.000765. The second-order valence-electron chi connectivity index (χ2n) is 4.30. The molecule has 0 saturated heterocycles. The summed E-state index contributed by atoms with van der Waals surface area (Å²) in [5.74, 6) is 0. The highest BCUT2D eigenvalue weighted by atomic mass is 16.2. The minimum absolute atomic E-state index is 0.364. The molecule has 0 radical (unpaired) electrons. The Kier molecular flexibility index (Phi) is 1.74. The Morgan fingerprint density at radius 1 is 1.42 bits per heavy atom. The van der Waals surface area contributed by atoms with Crippen molar-refractivity contribution in [1.29, 1.82) is 0 Å². The van der Waals surface area contributed by atoms with E-state index in [0.29, 0.717) is 11.5 Å². The Balaban J connectivity index is 1.85. The summed E-state index contributed by atoms with van der Waals surface area (Å²) in [6.07, 6.45) is 7.69. The molecule has 0 heterocycles. The Labute approximate surface area is 72.7 Å². The van der Waals surface area contributed by atoms with E-state index in [0.717, 1.165) is 12.8 Å². The van der Waals surface area contributed by atoms with Gasteiger partial charge in [0.25, 0.3) is 0 Å². The van der Waals surface area contributed by atoms with E-state index in [4.69, 9.17) is 5.73 Å². The van der Waals surface area contributed by atoms with Crippen LogP contribution in [0.25, 0.3) is 0 Å². The summed E-state index contributed by atoms with van der Waals surface area (Å²) < 4.78 is 0. The summed E-state index contributed by atoms with van der Waals surface area (Å²) in [6.45, 7) is 0. The van der Waals surface area contributed by atoms with Crippen molar-refractivity contribution in [1.82, 2.24) is 5.32 Å². The van der Waals surface area contributed by atoms with Crippen molar-refractivity contribution in [3.05, 3.63) is 0 Å². The SMILES string of the molecule is NC(=O)NC1CCC2(CCC2)C1. The normalized spacial score (nSPS) is 31.5. The van der Waals surface area contributed by atoms with Crippen LogP contribution in [0.1, 0.15) is 38.5 Å². The third-order valence-electron chi connectivity index (χ3n) is 3.46. The first-order chi connectivity index (χ1) is 5.70. The quantitative estimate of drug-likeness (QED) is 0.610. The zero-order valence-electron chi connectivity index (χ0n) is 7.31. The molecule has 0 aromatic heterocycles. The van der Waals surface area contributed by atoms with Crippen LogP contribution in [-0.2, 0) is 0 Å². The van der Waals surface area contributed by atoms with Gasteiger partial charge >= 0.3 is 6.03 Å². The summed E-state index contributed by atoms with van der Waals surface area (Å²) in [5, 5.41) is 2.80. The fourth-order valence-electron chi connectivity index (χ4n) is 2.66. The van der Waals surface area contributed by atoms with Crippen LogP contribution in [0.5, 0.6) is 0 Å². The van der Waals surface area contributed by atoms with E-state index in [1.807, 2.05) is 0 Å². The Bertz CT molecular complexity index is 199. The molecule has 12 heavy (non-hydrogen) atoms. The molecule has 0 aromatic carbocycles. The van der Waals surface area contributed by atoms with Crippen molar-refractivity contribution in [2.75, 3.05) is 0 Å². The van der Waals surface area contributed by atoms with Gasteiger partial charge in [-0.3, -0.25) is 0 Å². The summed E-state index contributed by atoms with van der Waals surface area (Å²) >= 11 is 0. The van der Waals surface area contributed by atoms with Crippen molar-refractivity contribution in [2.45, 2.75) is 44.6 Å². The van der Waals surface area contributed by atoms with Gasteiger partial charge in [-0.15, -0.1) is 0 Å². The number of primary amides is 1. The third kappa shape index (κ3) is 1.28. The largest absolute Gasteiger partial charge is 0.352 e. The number of rotatable bonds is 1. The molecule has 2 aliphatic rings. The Hall–Kier alpha value is -0.730. The molecule has 2 saturated carbocycles. The van der Waals surface area contributed by atoms with Crippen molar-refractivity contribution in [3.8, 4) is 0 Å². The fourth-order valence-corrected chi connectivity index (χ4v) is 2.66. The lowest BCUT2D eigenvalue weighted by atomic mass is 9.67. The van der Waals surface area contributed by atoms with E-state index in [1.165, 1.54) is 25.7 Å². The molecule has 1 unspecified atom stereocenters. The molecule has 1 atom stereocenters. The highest BCUT2D eigenvalue weighted by Crippen LogP contribution is 2.52. The summed E-state index contributed by atoms with van der Waals surface area (Å²) in [7, 11) is 0. The van der Waals surface area contributed by atoms with Gasteiger partial charge in [-0.2, -0.15) is 0 Å². The molecule has 3 heteroatoms. The van der Waals surface area contributed by atoms with Gasteiger partial charge < -0.3 is 11.1 Å². The highest BCUT2D eigenvalue weighted by Gasteiger charge is 2.43. The number of hydrogen-bond acceptors (Lipinski definition) is 1. The zero-order valence-corrected chi connectivity index (χ0v) is 7.31. The lowest BCUT2D eigenvalue weighted by Gasteiger charge is -2.38. The number of carbonyl (C=O) groups is 1. The first kappa shape index (κ1) is 7.90. The molecule has 0 aliphatic heterocycles. The van der Waals surface area contributed by atoms with E-state index in [2.05, 4.69) is 5.32 Å². The number of hydrogen-bond donors (Lipinski definition) is 2. The van der Waals surface area contributed by atoms with Gasteiger partial charge in [0, 0.05) is 6.04 Å². The number of carbonyl (C=O) groups excluding carboxylic acids is 1.